The topological polar surface area (TPSA) is 54.4 Å². The maximum absolute atomic E-state index is 11.7. The SMILES string of the molecule is CC(C)=CC[C@@]1(C(=O)O)C=CCCC1=O. The van der Waals surface area contributed by atoms with Crippen LogP contribution < -0.4 is 0 Å². The highest BCUT2D eigenvalue weighted by atomic mass is 16.4. The van der Waals surface area contributed by atoms with Gasteiger partial charge in [0.15, 0.2) is 5.78 Å². The Balaban J connectivity index is 3.02. The summed E-state index contributed by atoms with van der Waals surface area (Å²) < 4.78 is 0. The molecule has 0 aromatic carbocycles. The molecule has 0 saturated carbocycles. The minimum atomic E-state index is -1.31. The highest BCUT2D eigenvalue weighted by molar-refractivity contribution is 6.06. The van der Waals surface area contributed by atoms with E-state index >= 15 is 0 Å². The van der Waals surface area contributed by atoms with Gasteiger partial charge in [-0.3, -0.25) is 9.59 Å². The van der Waals surface area contributed by atoms with Gasteiger partial charge in [-0.15, -0.1) is 0 Å². The smallest absolute Gasteiger partial charge is 0.321 e. The van der Waals surface area contributed by atoms with Crippen LogP contribution in [-0.4, -0.2) is 16.9 Å². The number of rotatable bonds is 3. The molecule has 0 bridgehead atoms. The number of carbonyl (C=O) groups is 2. The second-order valence-electron chi connectivity index (χ2n) is 4.13. The number of carboxylic acid groups (broad SMARTS) is 1. The van der Waals surface area contributed by atoms with Gasteiger partial charge in [-0.05, 0) is 26.7 Å². The van der Waals surface area contributed by atoms with E-state index in [4.69, 9.17) is 0 Å². The number of aliphatic carboxylic acids is 1. The summed E-state index contributed by atoms with van der Waals surface area (Å²) in [5, 5.41) is 9.17. The fourth-order valence-electron chi connectivity index (χ4n) is 1.64. The molecule has 1 atom stereocenters. The molecule has 0 saturated heterocycles. The van der Waals surface area contributed by atoms with Gasteiger partial charge in [-0.1, -0.05) is 23.8 Å². The largest absolute Gasteiger partial charge is 0.480 e. The van der Waals surface area contributed by atoms with E-state index in [1.165, 1.54) is 0 Å². The quantitative estimate of drug-likeness (QED) is 0.572. The van der Waals surface area contributed by atoms with Crippen LogP contribution in [0.15, 0.2) is 23.8 Å². The molecule has 0 spiro atoms. The van der Waals surface area contributed by atoms with Gasteiger partial charge in [-0.25, -0.2) is 0 Å². The van der Waals surface area contributed by atoms with Crippen molar-refractivity contribution in [2.75, 3.05) is 0 Å². The van der Waals surface area contributed by atoms with Crippen LogP contribution in [0.5, 0.6) is 0 Å². The Morgan fingerprint density at radius 2 is 2.27 bits per heavy atom. The zero-order valence-electron chi connectivity index (χ0n) is 9.12. The molecule has 1 aliphatic rings. The Hall–Kier alpha value is -1.38. The maximum atomic E-state index is 11.7. The third-order valence-electron chi connectivity index (χ3n) is 2.65. The first-order valence-corrected chi connectivity index (χ1v) is 5.07. The van der Waals surface area contributed by atoms with Crippen molar-refractivity contribution in [2.45, 2.75) is 33.1 Å². The van der Waals surface area contributed by atoms with Crippen molar-refractivity contribution < 1.29 is 14.7 Å². The summed E-state index contributed by atoms with van der Waals surface area (Å²) in [4.78, 5) is 22.9. The summed E-state index contributed by atoms with van der Waals surface area (Å²) in [6.45, 7) is 3.79. The Morgan fingerprint density at radius 1 is 1.60 bits per heavy atom. The standard InChI is InChI=1S/C12H16O3/c1-9(2)6-8-12(11(14)15)7-4-3-5-10(12)13/h4,6-7H,3,5,8H2,1-2H3,(H,14,15)/t12-/m0/s1. The summed E-state index contributed by atoms with van der Waals surface area (Å²) >= 11 is 0. The molecule has 0 aliphatic heterocycles. The van der Waals surface area contributed by atoms with Crippen LogP contribution in [0, 0.1) is 5.41 Å². The third kappa shape index (κ3) is 2.35. The van der Waals surface area contributed by atoms with E-state index in [9.17, 15) is 14.7 Å². The first-order chi connectivity index (χ1) is 6.99. The monoisotopic (exact) mass is 208 g/mol. The molecule has 0 aromatic heterocycles. The zero-order valence-corrected chi connectivity index (χ0v) is 9.12. The van der Waals surface area contributed by atoms with E-state index in [0.717, 1.165) is 5.57 Å². The summed E-state index contributed by atoms with van der Waals surface area (Å²) in [5.74, 6) is -1.23. The lowest BCUT2D eigenvalue weighted by atomic mass is 9.75. The Bertz CT molecular complexity index is 335. The number of allylic oxidation sites excluding steroid dienone is 3. The molecule has 0 fully saturated rings. The normalized spacial score (nSPS) is 25.1. The summed E-state index contributed by atoms with van der Waals surface area (Å²) in [5.41, 5.74) is -0.280. The predicted octanol–water partition coefficient (Wildman–Crippen LogP) is 2.33. The molecular weight excluding hydrogens is 192 g/mol. The van der Waals surface area contributed by atoms with Crippen molar-refractivity contribution in [1.82, 2.24) is 0 Å². The first-order valence-electron chi connectivity index (χ1n) is 5.07. The lowest BCUT2D eigenvalue weighted by molar-refractivity contribution is -0.151. The summed E-state index contributed by atoms with van der Waals surface area (Å²) in [7, 11) is 0. The van der Waals surface area contributed by atoms with Crippen LogP contribution in [0.3, 0.4) is 0 Å². The average molecular weight is 208 g/mol. The van der Waals surface area contributed by atoms with E-state index in [-0.39, 0.29) is 12.2 Å². The molecule has 3 nitrogen and oxygen atoms in total. The van der Waals surface area contributed by atoms with Crippen LogP contribution in [0.1, 0.15) is 33.1 Å². The molecule has 0 aromatic rings. The van der Waals surface area contributed by atoms with Crippen LogP contribution in [0.25, 0.3) is 0 Å². The lowest BCUT2D eigenvalue weighted by Crippen LogP contribution is -2.38. The molecule has 0 radical (unpaired) electrons. The summed E-state index contributed by atoms with van der Waals surface area (Å²) in [6, 6.07) is 0. The van der Waals surface area contributed by atoms with E-state index in [1.54, 1.807) is 12.2 Å². The fraction of sp³-hybridized carbons (Fsp3) is 0.500. The highest BCUT2D eigenvalue weighted by Gasteiger charge is 2.43. The number of ketones is 1. The molecule has 1 aliphatic carbocycles. The molecule has 0 heterocycles. The molecule has 0 amide bonds. The number of Topliss-reactive ketones (excluding diaryl/α,β-unsaturated/α-hetero) is 1. The van der Waals surface area contributed by atoms with Gasteiger partial charge in [0, 0.05) is 6.42 Å². The lowest BCUT2D eigenvalue weighted by Gasteiger charge is -2.26. The van der Waals surface area contributed by atoms with E-state index in [2.05, 4.69) is 0 Å². The van der Waals surface area contributed by atoms with Gasteiger partial charge in [-0.2, -0.15) is 0 Å². The van der Waals surface area contributed by atoms with E-state index in [1.807, 2.05) is 19.9 Å². The number of hydrogen-bond donors (Lipinski definition) is 1. The van der Waals surface area contributed by atoms with Crippen LogP contribution >= 0.6 is 0 Å². The fourth-order valence-corrected chi connectivity index (χ4v) is 1.64. The van der Waals surface area contributed by atoms with Gasteiger partial charge in [0.2, 0.25) is 0 Å². The zero-order chi connectivity index (χ0) is 11.5. The van der Waals surface area contributed by atoms with Crippen molar-refractivity contribution >= 4 is 11.8 Å². The maximum Gasteiger partial charge on any atom is 0.321 e. The summed E-state index contributed by atoms with van der Waals surface area (Å²) in [6.07, 6.45) is 6.39. The second-order valence-corrected chi connectivity index (χ2v) is 4.13. The Morgan fingerprint density at radius 3 is 2.73 bits per heavy atom. The van der Waals surface area contributed by atoms with Crippen molar-refractivity contribution in [2.24, 2.45) is 5.41 Å². The van der Waals surface area contributed by atoms with Crippen molar-refractivity contribution in [1.29, 1.82) is 0 Å². The second kappa shape index (κ2) is 4.43. The average Bonchev–Trinajstić information content (AvgIpc) is 2.16. The third-order valence-corrected chi connectivity index (χ3v) is 2.65. The number of carboxylic acids is 1. The van der Waals surface area contributed by atoms with Gasteiger partial charge in [0.1, 0.15) is 5.41 Å². The van der Waals surface area contributed by atoms with Crippen molar-refractivity contribution in [3.63, 3.8) is 0 Å². The molecule has 82 valence electrons. The minimum Gasteiger partial charge on any atom is -0.480 e. The predicted molar refractivity (Wildman–Crippen MR) is 57.5 cm³/mol. The van der Waals surface area contributed by atoms with Gasteiger partial charge >= 0.3 is 5.97 Å². The molecule has 15 heavy (non-hydrogen) atoms. The van der Waals surface area contributed by atoms with Crippen LogP contribution in [0.4, 0.5) is 0 Å². The minimum absolute atomic E-state index is 0.185. The molecular formula is C12H16O3. The van der Waals surface area contributed by atoms with Crippen molar-refractivity contribution in [3.8, 4) is 0 Å². The Labute approximate surface area is 89.5 Å². The van der Waals surface area contributed by atoms with Crippen LogP contribution in [0.2, 0.25) is 0 Å². The van der Waals surface area contributed by atoms with Gasteiger partial charge in [0.25, 0.3) is 0 Å². The van der Waals surface area contributed by atoms with Crippen molar-refractivity contribution in [3.05, 3.63) is 23.8 Å². The van der Waals surface area contributed by atoms with E-state index < -0.39 is 11.4 Å². The van der Waals surface area contributed by atoms with Gasteiger partial charge < -0.3 is 5.11 Å². The van der Waals surface area contributed by atoms with E-state index in [0.29, 0.717) is 12.8 Å². The van der Waals surface area contributed by atoms with Gasteiger partial charge in [0.05, 0.1) is 0 Å². The first kappa shape index (κ1) is 11.7. The molecule has 3 heteroatoms. The molecule has 1 rings (SSSR count). The number of hydrogen-bond acceptors (Lipinski definition) is 2. The Kier molecular flexibility index (Phi) is 3.45. The molecule has 1 N–H and O–H groups in total. The highest BCUT2D eigenvalue weighted by Crippen LogP contribution is 2.32. The van der Waals surface area contributed by atoms with Crippen LogP contribution in [-0.2, 0) is 9.59 Å². The number of carbonyl (C=O) groups excluding carboxylic acids is 1. The molecule has 0 unspecified atom stereocenters.